The Morgan fingerprint density at radius 3 is 2.20 bits per heavy atom. The average molecular weight is 298 g/mol. The van der Waals surface area contributed by atoms with Crippen LogP contribution in [0, 0.1) is 10.8 Å². The molecule has 0 aliphatic heterocycles. The molecule has 20 heavy (non-hydrogen) atoms. The predicted octanol–water partition coefficient (Wildman–Crippen LogP) is 1.99. The molecule has 1 aromatic rings. The number of ether oxygens (including phenoxy) is 1. The summed E-state index contributed by atoms with van der Waals surface area (Å²) >= 11 is 0. The van der Waals surface area contributed by atoms with E-state index in [0.717, 1.165) is 0 Å². The Bertz CT molecular complexity index is 622. The van der Waals surface area contributed by atoms with E-state index < -0.39 is 10.0 Å². The smallest absolute Gasteiger partial charge is 0.240 e. The highest BCUT2D eigenvalue weighted by Crippen LogP contribution is 2.62. The molecule has 0 saturated heterocycles. The molecule has 5 nitrogen and oxygen atoms in total. The fraction of sp³-hybridized carbons (Fsp3) is 0.571. The molecule has 2 rings (SSSR count). The first kappa shape index (κ1) is 15.1. The summed E-state index contributed by atoms with van der Waals surface area (Å²) in [6.07, 6.45) is 0. The second-order valence-corrected chi connectivity index (χ2v) is 8.12. The Morgan fingerprint density at radius 1 is 1.20 bits per heavy atom. The van der Waals surface area contributed by atoms with Gasteiger partial charge in [0, 0.05) is 12.1 Å². The number of nitrogens with one attached hydrogen (secondary N) is 1. The van der Waals surface area contributed by atoms with Gasteiger partial charge < -0.3 is 10.5 Å². The predicted molar refractivity (Wildman–Crippen MR) is 79.1 cm³/mol. The second kappa shape index (κ2) is 4.36. The van der Waals surface area contributed by atoms with Gasteiger partial charge in [-0.15, -0.1) is 0 Å². The first-order chi connectivity index (χ1) is 9.04. The summed E-state index contributed by atoms with van der Waals surface area (Å²) in [6.45, 7) is 8.24. The first-order valence-corrected chi connectivity index (χ1v) is 7.98. The van der Waals surface area contributed by atoms with Gasteiger partial charge >= 0.3 is 0 Å². The lowest BCUT2D eigenvalue weighted by Gasteiger charge is -2.10. The fourth-order valence-electron chi connectivity index (χ4n) is 2.57. The Kier molecular flexibility index (Phi) is 3.30. The molecule has 0 radical (unpaired) electrons. The molecule has 1 fully saturated rings. The quantitative estimate of drug-likeness (QED) is 0.833. The summed E-state index contributed by atoms with van der Waals surface area (Å²) in [6, 6.07) is 4.39. The standard InChI is InChI=1S/C14H22N2O3S/c1-13(2)12(14(13,3)4)16-20(17,18)9-6-7-10(15)11(8-9)19-5/h6-8,12,16H,15H2,1-5H3. The van der Waals surface area contributed by atoms with Crippen molar-refractivity contribution in [2.45, 2.75) is 38.6 Å². The first-order valence-electron chi connectivity index (χ1n) is 6.50. The number of benzene rings is 1. The molecule has 0 atom stereocenters. The van der Waals surface area contributed by atoms with E-state index in [1.165, 1.54) is 25.3 Å². The molecule has 0 aromatic heterocycles. The molecule has 0 heterocycles. The third-order valence-electron chi connectivity index (χ3n) is 4.81. The monoisotopic (exact) mass is 298 g/mol. The van der Waals surface area contributed by atoms with Gasteiger partial charge in [-0.2, -0.15) is 0 Å². The Morgan fingerprint density at radius 2 is 1.75 bits per heavy atom. The number of anilines is 1. The van der Waals surface area contributed by atoms with Crippen LogP contribution in [0.15, 0.2) is 23.1 Å². The summed E-state index contributed by atoms with van der Waals surface area (Å²) < 4.78 is 32.7. The normalized spacial score (nSPS) is 20.6. The van der Waals surface area contributed by atoms with E-state index in [1.807, 2.05) is 0 Å². The van der Waals surface area contributed by atoms with E-state index in [2.05, 4.69) is 32.4 Å². The lowest BCUT2D eigenvalue weighted by Crippen LogP contribution is -2.30. The van der Waals surface area contributed by atoms with Crippen LogP contribution in [0.1, 0.15) is 27.7 Å². The number of sulfonamides is 1. The molecule has 112 valence electrons. The molecule has 0 spiro atoms. The van der Waals surface area contributed by atoms with Crippen molar-refractivity contribution in [3.63, 3.8) is 0 Å². The molecule has 6 heteroatoms. The van der Waals surface area contributed by atoms with Crippen LogP contribution < -0.4 is 15.2 Å². The van der Waals surface area contributed by atoms with Crippen LogP contribution in [-0.4, -0.2) is 21.6 Å². The minimum absolute atomic E-state index is 0.0576. The molecule has 1 aliphatic carbocycles. The Hall–Kier alpha value is -1.27. The maximum atomic E-state index is 12.4. The van der Waals surface area contributed by atoms with E-state index in [-0.39, 0.29) is 21.8 Å². The van der Waals surface area contributed by atoms with Crippen LogP contribution >= 0.6 is 0 Å². The molecule has 0 amide bonds. The average Bonchev–Trinajstić information content (AvgIpc) is 2.71. The Balaban J connectivity index is 2.29. The number of nitrogen functional groups attached to an aromatic ring is 1. The van der Waals surface area contributed by atoms with E-state index in [0.29, 0.717) is 11.4 Å². The Labute approximate surface area is 120 Å². The molecule has 3 N–H and O–H groups in total. The number of nitrogens with two attached hydrogens (primary N) is 1. The molecule has 1 aromatic carbocycles. The van der Waals surface area contributed by atoms with Crippen LogP contribution in [0.5, 0.6) is 5.75 Å². The summed E-state index contributed by atoms with van der Waals surface area (Å²) in [4.78, 5) is 0.169. The third kappa shape index (κ3) is 2.16. The molecule has 1 aliphatic rings. The van der Waals surface area contributed by atoms with E-state index in [9.17, 15) is 8.42 Å². The van der Waals surface area contributed by atoms with Gasteiger partial charge in [-0.1, -0.05) is 27.7 Å². The van der Waals surface area contributed by atoms with Gasteiger partial charge in [0.05, 0.1) is 17.7 Å². The highest BCUT2D eigenvalue weighted by Gasteiger charge is 2.66. The van der Waals surface area contributed by atoms with Gasteiger partial charge in [0.1, 0.15) is 5.75 Å². The van der Waals surface area contributed by atoms with Gasteiger partial charge in [0.15, 0.2) is 0 Å². The van der Waals surface area contributed by atoms with Gasteiger partial charge in [0.2, 0.25) is 10.0 Å². The topological polar surface area (TPSA) is 81.4 Å². The zero-order chi connectivity index (χ0) is 15.3. The van der Waals surface area contributed by atoms with Gasteiger partial charge in [-0.25, -0.2) is 13.1 Å². The summed E-state index contributed by atoms with van der Waals surface area (Å²) in [7, 11) is -2.11. The third-order valence-corrected chi connectivity index (χ3v) is 6.23. The van der Waals surface area contributed by atoms with E-state index in [4.69, 9.17) is 10.5 Å². The van der Waals surface area contributed by atoms with Crippen LogP contribution in [0.3, 0.4) is 0 Å². The zero-order valence-corrected chi connectivity index (χ0v) is 13.3. The number of rotatable bonds is 4. The van der Waals surface area contributed by atoms with Gasteiger partial charge in [-0.05, 0) is 23.0 Å². The molecule has 0 bridgehead atoms. The van der Waals surface area contributed by atoms with Crippen molar-refractivity contribution in [3.8, 4) is 5.75 Å². The van der Waals surface area contributed by atoms with Crippen LogP contribution in [0.4, 0.5) is 5.69 Å². The molecule has 0 unspecified atom stereocenters. The zero-order valence-electron chi connectivity index (χ0n) is 12.5. The van der Waals surface area contributed by atoms with Crippen molar-refractivity contribution in [1.82, 2.24) is 4.72 Å². The SMILES string of the molecule is COc1cc(S(=O)(=O)NC2C(C)(C)C2(C)C)ccc1N. The number of methoxy groups -OCH3 is 1. The minimum Gasteiger partial charge on any atom is -0.495 e. The largest absolute Gasteiger partial charge is 0.495 e. The van der Waals surface area contributed by atoms with Crippen molar-refractivity contribution < 1.29 is 13.2 Å². The fourth-order valence-corrected chi connectivity index (χ4v) is 4.12. The number of hydrogen-bond acceptors (Lipinski definition) is 4. The van der Waals surface area contributed by atoms with Crippen molar-refractivity contribution >= 4 is 15.7 Å². The highest BCUT2D eigenvalue weighted by molar-refractivity contribution is 7.89. The number of hydrogen-bond donors (Lipinski definition) is 2. The van der Waals surface area contributed by atoms with Crippen molar-refractivity contribution in [3.05, 3.63) is 18.2 Å². The maximum Gasteiger partial charge on any atom is 0.240 e. The lowest BCUT2D eigenvalue weighted by molar-refractivity contribution is 0.415. The highest BCUT2D eigenvalue weighted by atomic mass is 32.2. The second-order valence-electron chi connectivity index (χ2n) is 6.40. The molecular weight excluding hydrogens is 276 g/mol. The molecular formula is C14H22N2O3S. The summed E-state index contributed by atoms with van der Waals surface area (Å²) in [5.74, 6) is 0.363. The van der Waals surface area contributed by atoms with Crippen LogP contribution in [0.25, 0.3) is 0 Å². The van der Waals surface area contributed by atoms with Crippen molar-refractivity contribution in [1.29, 1.82) is 0 Å². The van der Waals surface area contributed by atoms with E-state index >= 15 is 0 Å². The maximum absolute atomic E-state index is 12.4. The van der Waals surface area contributed by atoms with Crippen LogP contribution in [-0.2, 0) is 10.0 Å². The molecule has 1 saturated carbocycles. The van der Waals surface area contributed by atoms with Crippen molar-refractivity contribution in [2.75, 3.05) is 12.8 Å². The van der Waals surface area contributed by atoms with Crippen LogP contribution in [0.2, 0.25) is 0 Å². The van der Waals surface area contributed by atoms with E-state index in [1.54, 1.807) is 0 Å². The summed E-state index contributed by atoms with van der Waals surface area (Å²) in [5.41, 5.74) is 6.00. The van der Waals surface area contributed by atoms with Gasteiger partial charge in [0.25, 0.3) is 0 Å². The summed E-state index contributed by atoms with van der Waals surface area (Å²) in [5, 5.41) is 0. The lowest BCUT2D eigenvalue weighted by atomic mass is 10.0. The minimum atomic E-state index is -3.57. The van der Waals surface area contributed by atoms with Gasteiger partial charge in [-0.3, -0.25) is 0 Å². The van der Waals surface area contributed by atoms with Crippen molar-refractivity contribution in [2.24, 2.45) is 10.8 Å².